The van der Waals surface area contributed by atoms with Crippen LogP contribution >= 0.6 is 0 Å². The average molecular weight is 343 g/mol. The molecule has 1 heterocycles. The summed E-state index contributed by atoms with van der Waals surface area (Å²) in [5.41, 5.74) is 0.612. The lowest BCUT2D eigenvalue weighted by molar-refractivity contribution is -0.137. The molecule has 0 aliphatic carbocycles. The van der Waals surface area contributed by atoms with Gasteiger partial charge in [0.05, 0.1) is 17.2 Å². The molecule has 3 rings (SSSR count). The van der Waals surface area contributed by atoms with E-state index in [4.69, 9.17) is 5.26 Å². The summed E-state index contributed by atoms with van der Waals surface area (Å²) in [6.45, 7) is 1.42. The Kier molecular flexibility index (Phi) is 4.98. The smallest absolute Gasteiger partial charge is 0.372 e. The zero-order chi connectivity index (χ0) is 17.9. The van der Waals surface area contributed by atoms with Crippen LogP contribution in [0.3, 0.4) is 0 Å². The largest absolute Gasteiger partial charge is 0.417 e. The number of nitrogens with zero attached hydrogens (tertiary/aromatic N) is 2. The van der Waals surface area contributed by atoms with E-state index in [1.807, 2.05) is 17.0 Å². The summed E-state index contributed by atoms with van der Waals surface area (Å²) in [6, 6.07) is 16.5. The van der Waals surface area contributed by atoms with Crippen LogP contribution in [-0.4, -0.2) is 13.1 Å². The number of hydrogen-bond acceptors (Lipinski definition) is 2. The van der Waals surface area contributed by atoms with Crippen molar-refractivity contribution in [1.82, 2.24) is 0 Å². The van der Waals surface area contributed by atoms with Crippen LogP contribution in [0.1, 0.15) is 41.9 Å². The molecule has 129 valence electrons. The molecule has 0 bridgehead atoms. The summed E-state index contributed by atoms with van der Waals surface area (Å²) in [6.07, 6.45) is -1.69. The lowest BCUT2D eigenvalue weighted by Crippen LogP contribution is -2.24. The van der Waals surface area contributed by atoms with E-state index in [-0.39, 0.29) is 5.56 Å². The molecule has 1 aliphatic heterocycles. The second-order valence-corrected chi connectivity index (χ2v) is 6.29. The molecule has 0 N–H and O–H groups in total. The predicted octanol–water partition coefficient (Wildman–Crippen LogP) is 5.15. The Morgan fingerprint density at radius 3 is 2.52 bits per heavy atom. The lowest BCUT2D eigenvalue weighted by atomic mass is 9.92. The molecule has 1 radical (unpaired) electrons. The fraction of sp³-hybridized carbons (Fsp3) is 0.350. The number of hydrogen-bond donors (Lipinski definition) is 0. The zero-order valence-corrected chi connectivity index (χ0v) is 13.7. The molecular formula is C20H18F3N2. The monoisotopic (exact) mass is 343 g/mol. The van der Waals surface area contributed by atoms with Gasteiger partial charge in [-0.2, -0.15) is 18.4 Å². The van der Waals surface area contributed by atoms with E-state index < -0.39 is 11.7 Å². The minimum Gasteiger partial charge on any atom is -0.372 e. The maximum atomic E-state index is 13.2. The third kappa shape index (κ3) is 3.96. The van der Waals surface area contributed by atoms with E-state index in [9.17, 15) is 13.2 Å². The van der Waals surface area contributed by atoms with Crippen molar-refractivity contribution in [3.05, 3.63) is 65.2 Å². The molecule has 0 saturated carbocycles. The molecule has 1 atom stereocenters. The third-order valence-corrected chi connectivity index (χ3v) is 4.74. The van der Waals surface area contributed by atoms with Crippen LogP contribution in [0.4, 0.5) is 18.9 Å². The fourth-order valence-electron chi connectivity index (χ4n) is 3.42. The Balaban J connectivity index is 1.80. The Hall–Kier alpha value is -2.48. The fourth-order valence-corrected chi connectivity index (χ4v) is 3.42. The highest BCUT2D eigenvalue weighted by atomic mass is 19.4. The van der Waals surface area contributed by atoms with Gasteiger partial charge in [0, 0.05) is 18.8 Å². The van der Waals surface area contributed by atoms with Gasteiger partial charge in [-0.1, -0.05) is 24.3 Å². The van der Waals surface area contributed by atoms with Gasteiger partial charge in [0.2, 0.25) is 0 Å². The molecule has 1 saturated heterocycles. The minimum atomic E-state index is -4.52. The van der Waals surface area contributed by atoms with Crippen molar-refractivity contribution in [2.75, 3.05) is 18.0 Å². The Morgan fingerprint density at radius 1 is 1.08 bits per heavy atom. The molecule has 1 fully saturated rings. The van der Waals surface area contributed by atoms with Crippen LogP contribution in [-0.2, 0) is 6.18 Å². The van der Waals surface area contributed by atoms with Crippen molar-refractivity contribution < 1.29 is 13.2 Å². The van der Waals surface area contributed by atoms with Crippen molar-refractivity contribution in [3.63, 3.8) is 0 Å². The Morgan fingerprint density at radius 2 is 1.84 bits per heavy atom. The van der Waals surface area contributed by atoms with Crippen molar-refractivity contribution in [1.29, 1.82) is 5.26 Å². The first-order valence-electron chi connectivity index (χ1n) is 8.31. The highest BCUT2D eigenvalue weighted by molar-refractivity contribution is 5.55. The number of nitriles is 1. The van der Waals surface area contributed by atoms with Crippen LogP contribution in [0.2, 0.25) is 0 Å². The van der Waals surface area contributed by atoms with Crippen molar-refractivity contribution in [2.24, 2.45) is 0 Å². The third-order valence-electron chi connectivity index (χ3n) is 4.74. The summed E-state index contributed by atoms with van der Waals surface area (Å²) < 4.78 is 39.5. The molecule has 1 aliphatic rings. The van der Waals surface area contributed by atoms with E-state index in [2.05, 4.69) is 18.2 Å². The van der Waals surface area contributed by atoms with Gasteiger partial charge in [-0.15, -0.1) is 0 Å². The van der Waals surface area contributed by atoms with Gasteiger partial charge >= 0.3 is 6.18 Å². The molecule has 0 spiro atoms. The average Bonchev–Trinajstić information content (AvgIpc) is 2.87. The molecule has 0 aromatic heterocycles. The SMILES string of the molecule is N#Cc1ccc(N2CCCC(c3cc[c]cc3)CC2)cc1C(F)(F)F. The molecule has 25 heavy (non-hydrogen) atoms. The summed E-state index contributed by atoms with van der Waals surface area (Å²) in [7, 11) is 0. The molecule has 2 aromatic carbocycles. The molecular weight excluding hydrogens is 325 g/mol. The molecule has 2 aromatic rings. The highest BCUT2D eigenvalue weighted by Crippen LogP contribution is 2.36. The highest BCUT2D eigenvalue weighted by Gasteiger charge is 2.34. The van der Waals surface area contributed by atoms with E-state index >= 15 is 0 Å². The number of benzene rings is 2. The van der Waals surface area contributed by atoms with Gasteiger partial charge in [0.1, 0.15) is 0 Å². The number of halogens is 3. The van der Waals surface area contributed by atoms with Gasteiger partial charge in [0.15, 0.2) is 0 Å². The molecule has 0 amide bonds. The molecule has 1 unspecified atom stereocenters. The molecule has 2 nitrogen and oxygen atoms in total. The second-order valence-electron chi connectivity index (χ2n) is 6.29. The Bertz CT molecular complexity index is 763. The predicted molar refractivity (Wildman–Crippen MR) is 90.2 cm³/mol. The summed E-state index contributed by atoms with van der Waals surface area (Å²) in [4.78, 5) is 1.99. The summed E-state index contributed by atoms with van der Waals surface area (Å²) in [5.74, 6) is 0.417. The number of alkyl halides is 3. The van der Waals surface area contributed by atoms with Gasteiger partial charge in [-0.3, -0.25) is 0 Å². The van der Waals surface area contributed by atoms with Crippen LogP contribution in [0.25, 0.3) is 0 Å². The minimum absolute atomic E-state index is 0.329. The van der Waals surface area contributed by atoms with Crippen molar-refractivity contribution in [3.8, 4) is 6.07 Å². The standard InChI is InChI=1S/C20H18F3N2/c21-20(22,23)19-13-18(9-8-17(19)14-24)25-11-4-7-16(10-12-25)15-5-2-1-3-6-15/h2-3,5-6,8-9,13,16H,4,7,10-12H2. The van der Waals surface area contributed by atoms with Gasteiger partial charge < -0.3 is 4.90 Å². The first-order valence-corrected chi connectivity index (χ1v) is 8.31. The quantitative estimate of drug-likeness (QED) is 0.754. The van der Waals surface area contributed by atoms with E-state index in [1.165, 1.54) is 11.6 Å². The van der Waals surface area contributed by atoms with Crippen LogP contribution in [0.15, 0.2) is 42.5 Å². The normalized spacial score (nSPS) is 18.5. The van der Waals surface area contributed by atoms with Crippen LogP contribution in [0.5, 0.6) is 0 Å². The lowest BCUT2D eigenvalue weighted by Gasteiger charge is -2.24. The van der Waals surface area contributed by atoms with Gasteiger partial charge in [-0.05, 0) is 55.0 Å². The van der Waals surface area contributed by atoms with Crippen LogP contribution in [0, 0.1) is 17.4 Å². The van der Waals surface area contributed by atoms with Gasteiger partial charge in [0.25, 0.3) is 0 Å². The maximum absolute atomic E-state index is 13.2. The van der Waals surface area contributed by atoms with E-state index in [1.54, 1.807) is 12.1 Å². The van der Waals surface area contributed by atoms with Gasteiger partial charge in [-0.25, -0.2) is 0 Å². The van der Waals surface area contributed by atoms with Crippen LogP contribution < -0.4 is 4.90 Å². The number of anilines is 1. The molecule has 5 heteroatoms. The first kappa shape index (κ1) is 17.3. The zero-order valence-electron chi connectivity index (χ0n) is 13.7. The number of rotatable bonds is 2. The summed E-state index contributed by atoms with van der Waals surface area (Å²) >= 11 is 0. The van der Waals surface area contributed by atoms with Crippen molar-refractivity contribution in [2.45, 2.75) is 31.4 Å². The van der Waals surface area contributed by atoms with E-state index in [0.717, 1.165) is 31.9 Å². The maximum Gasteiger partial charge on any atom is 0.417 e. The first-order chi connectivity index (χ1) is 12.0. The topological polar surface area (TPSA) is 27.0 Å². The van der Waals surface area contributed by atoms with Crippen molar-refractivity contribution >= 4 is 5.69 Å². The van der Waals surface area contributed by atoms with E-state index in [0.29, 0.717) is 18.2 Å². The second kappa shape index (κ2) is 7.18. The Labute approximate surface area is 145 Å². The summed E-state index contributed by atoms with van der Waals surface area (Å²) in [5, 5.41) is 8.92.